The average molecular weight is 360 g/mol. The van der Waals surface area contributed by atoms with Crippen LogP contribution in [0.4, 0.5) is 0 Å². The number of aromatic nitrogens is 2. The van der Waals surface area contributed by atoms with Crippen molar-refractivity contribution in [3.63, 3.8) is 0 Å². The average Bonchev–Trinajstić information content (AvgIpc) is 3.11. The number of aromatic amines is 1. The molecule has 0 radical (unpaired) electrons. The number of nitrogens with zero attached hydrogens (tertiary/aromatic N) is 3. The van der Waals surface area contributed by atoms with Crippen molar-refractivity contribution in [1.29, 1.82) is 0 Å². The van der Waals surface area contributed by atoms with Crippen molar-refractivity contribution in [2.75, 3.05) is 26.2 Å². The maximum Gasteiger partial charge on any atom is 0.227 e. The SMILES string of the molecule is Cc1n[nH]c(C)c1CC(=O)N1CCCN(C(=O)Cc2cccs2)CC1. The molecule has 1 fully saturated rings. The predicted octanol–water partition coefficient (Wildman–Crippen LogP) is 1.93. The van der Waals surface area contributed by atoms with Gasteiger partial charge in [-0.25, -0.2) is 0 Å². The molecule has 134 valence electrons. The summed E-state index contributed by atoms with van der Waals surface area (Å²) in [6, 6.07) is 3.96. The van der Waals surface area contributed by atoms with E-state index in [2.05, 4.69) is 10.2 Å². The second-order valence-electron chi connectivity index (χ2n) is 6.46. The minimum absolute atomic E-state index is 0.111. The molecule has 25 heavy (non-hydrogen) atoms. The Morgan fingerprint density at radius 2 is 1.80 bits per heavy atom. The van der Waals surface area contributed by atoms with Crippen LogP contribution in [0.2, 0.25) is 0 Å². The molecule has 2 aromatic rings. The zero-order valence-electron chi connectivity index (χ0n) is 14.7. The molecule has 0 aliphatic carbocycles. The first kappa shape index (κ1) is 17.7. The molecule has 1 saturated heterocycles. The summed E-state index contributed by atoms with van der Waals surface area (Å²) in [4.78, 5) is 30.0. The van der Waals surface area contributed by atoms with Crippen LogP contribution in [-0.2, 0) is 22.4 Å². The first-order valence-electron chi connectivity index (χ1n) is 8.63. The zero-order valence-corrected chi connectivity index (χ0v) is 15.6. The van der Waals surface area contributed by atoms with Crippen LogP contribution in [0, 0.1) is 13.8 Å². The van der Waals surface area contributed by atoms with Crippen LogP contribution in [0.1, 0.15) is 28.2 Å². The van der Waals surface area contributed by atoms with E-state index in [1.807, 2.05) is 41.2 Å². The molecule has 3 heterocycles. The van der Waals surface area contributed by atoms with Gasteiger partial charge in [-0.15, -0.1) is 11.3 Å². The largest absolute Gasteiger partial charge is 0.341 e. The number of aryl methyl sites for hydroxylation is 2. The van der Waals surface area contributed by atoms with Gasteiger partial charge in [0.05, 0.1) is 18.5 Å². The lowest BCUT2D eigenvalue weighted by Gasteiger charge is -2.22. The molecule has 2 aromatic heterocycles. The summed E-state index contributed by atoms with van der Waals surface area (Å²) in [6.45, 7) is 6.50. The molecule has 0 bridgehead atoms. The van der Waals surface area contributed by atoms with Gasteiger partial charge in [0, 0.05) is 42.3 Å². The van der Waals surface area contributed by atoms with Gasteiger partial charge in [-0.2, -0.15) is 5.10 Å². The first-order valence-corrected chi connectivity index (χ1v) is 9.51. The number of carbonyl (C=O) groups excluding carboxylic acids is 2. The highest BCUT2D eigenvalue weighted by Gasteiger charge is 2.23. The summed E-state index contributed by atoms with van der Waals surface area (Å²) in [5.74, 6) is 0.262. The van der Waals surface area contributed by atoms with E-state index in [4.69, 9.17) is 0 Å². The van der Waals surface area contributed by atoms with Crippen LogP contribution in [0.15, 0.2) is 17.5 Å². The van der Waals surface area contributed by atoms with Crippen LogP contribution in [0.25, 0.3) is 0 Å². The summed E-state index contributed by atoms with van der Waals surface area (Å²) in [5.41, 5.74) is 2.82. The van der Waals surface area contributed by atoms with E-state index in [0.29, 0.717) is 32.5 Å². The van der Waals surface area contributed by atoms with Gasteiger partial charge in [0.2, 0.25) is 11.8 Å². The Labute approximate surface area is 151 Å². The van der Waals surface area contributed by atoms with Crippen LogP contribution < -0.4 is 0 Å². The van der Waals surface area contributed by atoms with E-state index in [1.54, 1.807) is 11.3 Å². The summed E-state index contributed by atoms with van der Waals surface area (Å²) in [6.07, 6.45) is 1.65. The summed E-state index contributed by atoms with van der Waals surface area (Å²) >= 11 is 1.61. The van der Waals surface area contributed by atoms with Crippen LogP contribution in [-0.4, -0.2) is 58.0 Å². The third kappa shape index (κ3) is 4.28. The van der Waals surface area contributed by atoms with Crippen molar-refractivity contribution in [2.45, 2.75) is 33.1 Å². The second kappa shape index (κ2) is 7.82. The molecule has 3 rings (SSSR count). The summed E-state index contributed by atoms with van der Waals surface area (Å²) < 4.78 is 0. The van der Waals surface area contributed by atoms with Crippen molar-refractivity contribution in [3.8, 4) is 0 Å². The standard InChI is InChI=1S/C18H24N4O2S/c1-13-16(14(2)20-19-13)12-18(24)22-7-4-6-21(8-9-22)17(23)11-15-5-3-10-25-15/h3,5,10H,4,6-9,11-12H2,1-2H3,(H,19,20). The minimum atomic E-state index is 0.111. The topological polar surface area (TPSA) is 69.3 Å². The Bertz CT molecular complexity index is 719. The van der Waals surface area contributed by atoms with E-state index < -0.39 is 0 Å². The fourth-order valence-electron chi connectivity index (χ4n) is 3.19. The van der Waals surface area contributed by atoms with Gasteiger partial charge < -0.3 is 9.80 Å². The molecule has 0 spiro atoms. The van der Waals surface area contributed by atoms with Crippen molar-refractivity contribution < 1.29 is 9.59 Å². The van der Waals surface area contributed by atoms with E-state index in [0.717, 1.165) is 34.8 Å². The molecule has 0 unspecified atom stereocenters. The van der Waals surface area contributed by atoms with Gasteiger partial charge in [-0.1, -0.05) is 6.07 Å². The lowest BCUT2D eigenvalue weighted by atomic mass is 10.1. The molecule has 6 nitrogen and oxygen atoms in total. The highest BCUT2D eigenvalue weighted by Crippen LogP contribution is 2.14. The normalized spacial score (nSPS) is 15.3. The van der Waals surface area contributed by atoms with Crippen molar-refractivity contribution in [2.24, 2.45) is 0 Å². The van der Waals surface area contributed by atoms with Crippen LogP contribution in [0.5, 0.6) is 0 Å². The Morgan fingerprint density at radius 3 is 2.36 bits per heavy atom. The van der Waals surface area contributed by atoms with Crippen molar-refractivity contribution in [1.82, 2.24) is 20.0 Å². The molecular weight excluding hydrogens is 336 g/mol. The van der Waals surface area contributed by atoms with Crippen molar-refractivity contribution in [3.05, 3.63) is 39.3 Å². The third-order valence-electron chi connectivity index (χ3n) is 4.72. The smallest absolute Gasteiger partial charge is 0.227 e. The number of amides is 2. The number of hydrogen-bond donors (Lipinski definition) is 1. The fraction of sp³-hybridized carbons (Fsp3) is 0.500. The molecule has 2 amide bonds. The van der Waals surface area contributed by atoms with Crippen LogP contribution in [0.3, 0.4) is 0 Å². The lowest BCUT2D eigenvalue weighted by molar-refractivity contribution is -0.132. The minimum Gasteiger partial charge on any atom is -0.341 e. The molecule has 1 aliphatic heterocycles. The van der Waals surface area contributed by atoms with E-state index >= 15 is 0 Å². The van der Waals surface area contributed by atoms with E-state index in [-0.39, 0.29) is 11.8 Å². The van der Waals surface area contributed by atoms with Gasteiger partial charge in [0.1, 0.15) is 0 Å². The first-order chi connectivity index (χ1) is 12.0. The number of nitrogens with one attached hydrogen (secondary N) is 1. The monoisotopic (exact) mass is 360 g/mol. The maximum atomic E-state index is 12.6. The highest BCUT2D eigenvalue weighted by molar-refractivity contribution is 7.10. The quantitative estimate of drug-likeness (QED) is 0.906. The highest BCUT2D eigenvalue weighted by atomic mass is 32.1. The van der Waals surface area contributed by atoms with Gasteiger partial charge in [0.25, 0.3) is 0 Å². The molecule has 7 heteroatoms. The molecule has 0 atom stereocenters. The predicted molar refractivity (Wildman–Crippen MR) is 97.6 cm³/mol. The third-order valence-corrected chi connectivity index (χ3v) is 5.59. The Kier molecular flexibility index (Phi) is 5.53. The van der Waals surface area contributed by atoms with Gasteiger partial charge in [-0.3, -0.25) is 14.7 Å². The second-order valence-corrected chi connectivity index (χ2v) is 7.49. The molecule has 0 aromatic carbocycles. The van der Waals surface area contributed by atoms with Gasteiger partial charge >= 0.3 is 0 Å². The summed E-state index contributed by atoms with van der Waals surface area (Å²) in [7, 11) is 0. The van der Waals surface area contributed by atoms with Crippen LogP contribution >= 0.6 is 11.3 Å². The van der Waals surface area contributed by atoms with Crippen molar-refractivity contribution >= 4 is 23.2 Å². The Hall–Kier alpha value is -2.15. The Morgan fingerprint density at radius 1 is 1.12 bits per heavy atom. The molecule has 0 saturated carbocycles. The maximum absolute atomic E-state index is 12.6. The fourth-order valence-corrected chi connectivity index (χ4v) is 3.88. The van der Waals surface area contributed by atoms with E-state index in [9.17, 15) is 9.59 Å². The van der Waals surface area contributed by atoms with E-state index in [1.165, 1.54) is 0 Å². The number of rotatable bonds is 4. The van der Waals surface area contributed by atoms with Gasteiger partial charge in [0.15, 0.2) is 0 Å². The van der Waals surface area contributed by atoms with Gasteiger partial charge in [-0.05, 0) is 31.7 Å². The molecular formula is C18H24N4O2S. The lowest BCUT2D eigenvalue weighted by Crippen LogP contribution is -2.38. The molecule has 1 aliphatic rings. The number of H-pyrrole nitrogens is 1. The zero-order chi connectivity index (χ0) is 17.8. The Balaban J connectivity index is 1.56. The number of carbonyl (C=O) groups is 2. The number of thiophene rings is 1. The molecule has 1 N–H and O–H groups in total. The number of hydrogen-bond acceptors (Lipinski definition) is 4. The summed E-state index contributed by atoms with van der Waals surface area (Å²) in [5, 5.41) is 9.08.